The fraction of sp³-hybridized carbons (Fsp3) is 0.600. The summed E-state index contributed by atoms with van der Waals surface area (Å²) in [7, 11) is 0. The quantitative estimate of drug-likeness (QED) is 0.857. The number of hydrogen-bond acceptors (Lipinski definition) is 4. The van der Waals surface area contributed by atoms with E-state index in [9.17, 15) is 4.79 Å². The SMILES string of the molecule is C[C@H](N)c1cc2c(cn1)N(C(=O)OC(C)(C)C)CCC2. The van der Waals surface area contributed by atoms with E-state index in [0.29, 0.717) is 6.54 Å². The normalized spacial score (nSPS) is 16.6. The maximum Gasteiger partial charge on any atom is 0.414 e. The van der Waals surface area contributed by atoms with Crippen LogP contribution >= 0.6 is 0 Å². The van der Waals surface area contributed by atoms with Gasteiger partial charge in [0.2, 0.25) is 0 Å². The van der Waals surface area contributed by atoms with Crippen LogP contribution < -0.4 is 10.6 Å². The van der Waals surface area contributed by atoms with Crippen LogP contribution in [0, 0.1) is 0 Å². The van der Waals surface area contributed by atoms with Crippen LogP contribution in [0.1, 0.15) is 51.4 Å². The molecule has 0 saturated carbocycles. The number of rotatable bonds is 1. The van der Waals surface area contributed by atoms with E-state index in [-0.39, 0.29) is 12.1 Å². The lowest BCUT2D eigenvalue weighted by atomic mass is 10.0. The summed E-state index contributed by atoms with van der Waals surface area (Å²) in [5, 5.41) is 0. The van der Waals surface area contributed by atoms with Crippen molar-refractivity contribution in [1.29, 1.82) is 0 Å². The molecule has 5 nitrogen and oxygen atoms in total. The molecule has 20 heavy (non-hydrogen) atoms. The highest BCUT2D eigenvalue weighted by Gasteiger charge is 2.27. The lowest BCUT2D eigenvalue weighted by Gasteiger charge is -2.31. The Balaban J connectivity index is 2.27. The molecule has 0 saturated heterocycles. The Morgan fingerprint density at radius 3 is 2.80 bits per heavy atom. The van der Waals surface area contributed by atoms with Gasteiger partial charge < -0.3 is 10.5 Å². The van der Waals surface area contributed by atoms with Crippen molar-refractivity contribution >= 4 is 11.8 Å². The van der Waals surface area contributed by atoms with Crippen molar-refractivity contribution in [2.75, 3.05) is 11.4 Å². The van der Waals surface area contributed by atoms with Crippen LogP contribution in [0.4, 0.5) is 10.5 Å². The number of ether oxygens (including phenoxy) is 1. The number of amides is 1. The maximum atomic E-state index is 12.2. The molecule has 1 aliphatic heterocycles. The lowest BCUT2D eigenvalue weighted by molar-refractivity contribution is 0.0577. The fourth-order valence-corrected chi connectivity index (χ4v) is 2.26. The first kappa shape index (κ1) is 14.8. The molecule has 0 aliphatic carbocycles. The minimum atomic E-state index is -0.492. The van der Waals surface area contributed by atoms with E-state index in [1.807, 2.05) is 33.8 Å². The summed E-state index contributed by atoms with van der Waals surface area (Å²) in [5.41, 5.74) is 8.18. The minimum absolute atomic E-state index is 0.0998. The first-order valence-electron chi connectivity index (χ1n) is 7.03. The minimum Gasteiger partial charge on any atom is -0.443 e. The third kappa shape index (κ3) is 3.28. The lowest BCUT2D eigenvalue weighted by Crippen LogP contribution is -2.40. The van der Waals surface area contributed by atoms with E-state index in [1.54, 1.807) is 11.1 Å². The van der Waals surface area contributed by atoms with Crippen LogP contribution in [0.3, 0.4) is 0 Å². The van der Waals surface area contributed by atoms with Crippen LogP contribution in [0.5, 0.6) is 0 Å². The van der Waals surface area contributed by atoms with Crippen molar-refractivity contribution < 1.29 is 9.53 Å². The summed E-state index contributed by atoms with van der Waals surface area (Å²) in [4.78, 5) is 18.3. The summed E-state index contributed by atoms with van der Waals surface area (Å²) >= 11 is 0. The van der Waals surface area contributed by atoms with Crippen LogP contribution in [0.25, 0.3) is 0 Å². The Morgan fingerprint density at radius 2 is 2.20 bits per heavy atom. The molecule has 0 radical (unpaired) electrons. The fourth-order valence-electron chi connectivity index (χ4n) is 2.26. The number of nitrogens with zero attached hydrogens (tertiary/aromatic N) is 2. The van der Waals surface area contributed by atoms with Crippen molar-refractivity contribution in [2.24, 2.45) is 5.73 Å². The number of hydrogen-bond donors (Lipinski definition) is 1. The third-order valence-electron chi connectivity index (χ3n) is 3.19. The molecule has 2 rings (SSSR count). The van der Waals surface area contributed by atoms with Gasteiger partial charge in [0.1, 0.15) is 5.60 Å². The number of aryl methyl sites for hydroxylation is 1. The van der Waals surface area contributed by atoms with Gasteiger partial charge in [-0.05, 0) is 52.2 Å². The van der Waals surface area contributed by atoms with Gasteiger partial charge in [-0.25, -0.2) is 4.79 Å². The van der Waals surface area contributed by atoms with Gasteiger partial charge in [-0.2, -0.15) is 0 Å². The molecule has 1 atom stereocenters. The maximum absolute atomic E-state index is 12.2. The van der Waals surface area contributed by atoms with Crippen molar-refractivity contribution in [3.05, 3.63) is 23.5 Å². The molecule has 0 bridgehead atoms. The van der Waals surface area contributed by atoms with Gasteiger partial charge >= 0.3 is 6.09 Å². The molecule has 2 N–H and O–H groups in total. The first-order chi connectivity index (χ1) is 9.28. The molecular formula is C15H23N3O2. The average molecular weight is 277 g/mol. The highest BCUT2D eigenvalue weighted by molar-refractivity contribution is 5.89. The van der Waals surface area contributed by atoms with Crippen molar-refractivity contribution in [1.82, 2.24) is 4.98 Å². The number of carbonyl (C=O) groups excluding carboxylic acids is 1. The number of fused-ring (bicyclic) bond motifs is 1. The number of aromatic nitrogens is 1. The molecular weight excluding hydrogens is 254 g/mol. The smallest absolute Gasteiger partial charge is 0.414 e. The summed E-state index contributed by atoms with van der Waals surface area (Å²) < 4.78 is 5.45. The molecule has 1 aliphatic rings. The van der Waals surface area contributed by atoms with E-state index < -0.39 is 5.60 Å². The van der Waals surface area contributed by atoms with E-state index >= 15 is 0 Å². The third-order valence-corrected chi connectivity index (χ3v) is 3.19. The molecule has 0 aromatic carbocycles. The zero-order valence-electron chi connectivity index (χ0n) is 12.6. The van der Waals surface area contributed by atoms with Gasteiger partial charge in [-0.1, -0.05) is 0 Å². The standard InChI is InChI=1S/C15H23N3O2/c1-10(16)12-8-11-6-5-7-18(13(11)9-17-12)14(19)20-15(2,3)4/h8-10H,5-7,16H2,1-4H3/t10-/m0/s1. The topological polar surface area (TPSA) is 68.5 Å². The Hall–Kier alpha value is -1.62. The highest BCUT2D eigenvalue weighted by Crippen LogP contribution is 2.29. The molecule has 0 unspecified atom stereocenters. The number of carbonyl (C=O) groups is 1. The van der Waals surface area contributed by atoms with Gasteiger partial charge in [0.25, 0.3) is 0 Å². The van der Waals surface area contributed by atoms with Crippen molar-refractivity contribution in [3.63, 3.8) is 0 Å². The van der Waals surface area contributed by atoms with E-state index in [1.165, 1.54) is 0 Å². The van der Waals surface area contributed by atoms with Gasteiger partial charge in [-0.15, -0.1) is 0 Å². The molecule has 110 valence electrons. The number of pyridine rings is 1. The number of anilines is 1. The predicted molar refractivity (Wildman–Crippen MR) is 78.7 cm³/mol. The van der Waals surface area contributed by atoms with Crippen molar-refractivity contribution in [2.45, 2.75) is 52.2 Å². The Labute approximate surface area is 120 Å². The van der Waals surface area contributed by atoms with E-state index in [2.05, 4.69) is 4.98 Å². The molecule has 1 aromatic heterocycles. The van der Waals surface area contributed by atoms with Crippen LogP contribution in [-0.2, 0) is 11.2 Å². The second kappa shape index (κ2) is 5.40. The molecule has 5 heteroatoms. The molecule has 2 heterocycles. The van der Waals surface area contributed by atoms with Crippen LogP contribution in [0.15, 0.2) is 12.3 Å². The largest absolute Gasteiger partial charge is 0.443 e. The molecule has 1 amide bonds. The van der Waals surface area contributed by atoms with Gasteiger partial charge in [-0.3, -0.25) is 9.88 Å². The Bertz CT molecular complexity index is 506. The monoisotopic (exact) mass is 277 g/mol. The molecule has 1 aromatic rings. The number of nitrogens with two attached hydrogens (primary N) is 1. The second-order valence-corrected chi connectivity index (χ2v) is 6.26. The van der Waals surface area contributed by atoms with Crippen LogP contribution in [-0.4, -0.2) is 23.2 Å². The highest BCUT2D eigenvalue weighted by atomic mass is 16.6. The zero-order valence-corrected chi connectivity index (χ0v) is 12.6. The van der Waals surface area contributed by atoms with Crippen LogP contribution in [0.2, 0.25) is 0 Å². The van der Waals surface area contributed by atoms with Gasteiger partial charge in [0, 0.05) is 12.6 Å². The summed E-state index contributed by atoms with van der Waals surface area (Å²) in [6.07, 6.45) is 3.29. The second-order valence-electron chi connectivity index (χ2n) is 6.26. The Kier molecular flexibility index (Phi) is 3.99. The zero-order chi connectivity index (χ0) is 14.9. The molecule has 0 fully saturated rings. The first-order valence-corrected chi connectivity index (χ1v) is 7.03. The predicted octanol–water partition coefficient (Wildman–Crippen LogP) is 2.79. The average Bonchev–Trinajstić information content (AvgIpc) is 2.35. The Morgan fingerprint density at radius 1 is 1.50 bits per heavy atom. The van der Waals surface area contributed by atoms with E-state index in [4.69, 9.17) is 10.5 Å². The van der Waals surface area contributed by atoms with Crippen molar-refractivity contribution in [3.8, 4) is 0 Å². The van der Waals surface area contributed by atoms with E-state index in [0.717, 1.165) is 29.8 Å². The van der Waals surface area contributed by atoms with Gasteiger partial charge in [0.05, 0.1) is 17.6 Å². The summed E-state index contributed by atoms with van der Waals surface area (Å²) in [6.45, 7) is 8.18. The summed E-state index contributed by atoms with van der Waals surface area (Å²) in [5.74, 6) is 0. The summed E-state index contributed by atoms with van der Waals surface area (Å²) in [6, 6.07) is 1.90. The molecule has 0 spiro atoms. The van der Waals surface area contributed by atoms with Gasteiger partial charge in [0.15, 0.2) is 0 Å².